The number of hydrogen-bond donors (Lipinski definition) is 0. The highest BCUT2D eigenvalue weighted by molar-refractivity contribution is 7.53. The van der Waals surface area contributed by atoms with Gasteiger partial charge in [-0.05, 0) is 26.0 Å². The molecular weight excluding hydrogens is 303 g/mol. The van der Waals surface area contributed by atoms with Crippen LogP contribution in [0.1, 0.15) is 13.8 Å². The van der Waals surface area contributed by atoms with Gasteiger partial charge in [-0.3, -0.25) is 13.7 Å². The van der Waals surface area contributed by atoms with E-state index in [1.54, 1.807) is 30.8 Å². The number of rotatable bonds is 8. The molecular formula is C15H21N2O4P. The van der Waals surface area contributed by atoms with Crippen molar-refractivity contribution in [1.29, 1.82) is 0 Å². The minimum atomic E-state index is -3.14. The number of benzene rings is 1. The van der Waals surface area contributed by atoms with Gasteiger partial charge in [0, 0.05) is 18.9 Å². The van der Waals surface area contributed by atoms with E-state index in [1.807, 2.05) is 30.3 Å². The first-order valence-electron chi connectivity index (χ1n) is 7.31. The quantitative estimate of drug-likeness (QED) is 0.701. The Kier molecular flexibility index (Phi) is 5.77. The zero-order valence-corrected chi connectivity index (χ0v) is 13.7. The molecule has 0 amide bonds. The van der Waals surface area contributed by atoms with Gasteiger partial charge in [0.15, 0.2) is 0 Å². The second kappa shape index (κ2) is 7.58. The maximum atomic E-state index is 12.4. The van der Waals surface area contributed by atoms with E-state index in [9.17, 15) is 9.36 Å². The van der Waals surface area contributed by atoms with Crippen molar-refractivity contribution in [3.63, 3.8) is 0 Å². The maximum absolute atomic E-state index is 12.4. The summed E-state index contributed by atoms with van der Waals surface area (Å²) in [4.78, 5) is 12.4. The Balaban J connectivity index is 2.13. The molecule has 1 aromatic heterocycles. The molecule has 6 nitrogen and oxygen atoms in total. The number of aryl methyl sites for hydroxylation is 1. The van der Waals surface area contributed by atoms with Gasteiger partial charge in [0.25, 0.3) is 0 Å². The minimum absolute atomic E-state index is 0.174. The zero-order chi connectivity index (χ0) is 16.0. The van der Waals surface area contributed by atoms with E-state index in [0.29, 0.717) is 13.2 Å². The third kappa shape index (κ3) is 3.97. The lowest BCUT2D eigenvalue weighted by atomic mass is 10.3. The molecule has 0 radical (unpaired) electrons. The van der Waals surface area contributed by atoms with Crippen molar-refractivity contribution < 1.29 is 13.6 Å². The molecule has 0 saturated carbocycles. The molecule has 0 fully saturated rings. The molecule has 0 aliphatic heterocycles. The van der Waals surface area contributed by atoms with E-state index in [1.165, 1.54) is 4.57 Å². The molecule has 0 unspecified atom stereocenters. The third-order valence-corrected chi connectivity index (χ3v) is 5.20. The zero-order valence-electron chi connectivity index (χ0n) is 12.8. The third-order valence-electron chi connectivity index (χ3n) is 3.15. The summed E-state index contributed by atoms with van der Waals surface area (Å²) in [6.07, 6.45) is 3.55. The fourth-order valence-electron chi connectivity index (χ4n) is 2.16. The molecule has 22 heavy (non-hydrogen) atoms. The van der Waals surface area contributed by atoms with Gasteiger partial charge in [-0.15, -0.1) is 0 Å². The minimum Gasteiger partial charge on any atom is -0.309 e. The molecule has 0 atom stereocenters. The van der Waals surface area contributed by atoms with Crippen molar-refractivity contribution in [3.05, 3.63) is 53.2 Å². The topological polar surface area (TPSA) is 62.5 Å². The van der Waals surface area contributed by atoms with Gasteiger partial charge >= 0.3 is 13.3 Å². The Bertz CT molecular complexity index is 683. The number of para-hydroxylation sites is 1. The van der Waals surface area contributed by atoms with E-state index < -0.39 is 7.60 Å². The molecule has 1 heterocycles. The SMILES string of the molecule is CCOP(=O)(CCn1ccn(-c2ccccc2)c1=O)OCC. The fraction of sp³-hybridized carbons (Fsp3) is 0.400. The standard InChI is InChI=1S/C15H21N2O4P/c1-3-20-22(19,21-4-2)13-12-16-10-11-17(15(16)18)14-8-6-5-7-9-14/h5-11H,3-4,12-13H2,1-2H3. The van der Waals surface area contributed by atoms with Crippen molar-refractivity contribution in [2.75, 3.05) is 19.4 Å². The van der Waals surface area contributed by atoms with Crippen molar-refractivity contribution in [1.82, 2.24) is 9.13 Å². The van der Waals surface area contributed by atoms with Gasteiger partial charge in [-0.1, -0.05) is 18.2 Å². The first-order chi connectivity index (χ1) is 10.6. The highest BCUT2D eigenvalue weighted by Gasteiger charge is 2.23. The smallest absolute Gasteiger partial charge is 0.309 e. The fourth-order valence-corrected chi connectivity index (χ4v) is 3.74. The molecule has 120 valence electrons. The molecule has 2 rings (SSSR count). The molecule has 7 heteroatoms. The Morgan fingerprint density at radius 3 is 2.27 bits per heavy atom. The van der Waals surface area contributed by atoms with Gasteiger partial charge in [-0.2, -0.15) is 0 Å². The van der Waals surface area contributed by atoms with Crippen LogP contribution in [0.5, 0.6) is 0 Å². The molecule has 0 bridgehead atoms. The summed E-state index contributed by atoms with van der Waals surface area (Å²) in [5, 5.41) is 0. The highest BCUT2D eigenvalue weighted by atomic mass is 31.2. The second-order valence-electron chi connectivity index (χ2n) is 4.65. The molecule has 0 saturated heterocycles. The number of nitrogens with zero attached hydrogens (tertiary/aromatic N) is 2. The van der Waals surface area contributed by atoms with Crippen LogP contribution >= 0.6 is 7.60 Å². The van der Waals surface area contributed by atoms with Gasteiger partial charge in [0.2, 0.25) is 0 Å². The molecule has 1 aromatic carbocycles. The van der Waals surface area contributed by atoms with E-state index in [-0.39, 0.29) is 18.4 Å². The molecule has 0 N–H and O–H groups in total. The Hall–Kier alpha value is -1.62. The maximum Gasteiger partial charge on any atom is 0.332 e. The summed E-state index contributed by atoms with van der Waals surface area (Å²) >= 11 is 0. The van der Waals surface area contributed by atoms with E-state index in [0.717, 1.165) is 5.69 Å². The van der Waals surface area contributed by atoms with Crippen LogP contribution in [-0.4, -0.2) is 28.5 Å². The molecule has 2 aromatic rings. The van der Waals surface area contributed by atoms with Crippen LogP contribution in [0.4, 0.5) is 0 Å². The van der Waals surface area contributed by atoms with E-state index in [4.69, 9.17) is 9.05 Å². The molecule has 0 aliphatic rings. The van der Waals surface area contributed by atoms with Crippen LogP contribution in [0.25, 0.3) is 5.69 Å². The number of hydrogen-bond acceptors (Lipinski definition) is 4. The van der Waals surface area contributed by atoms with Crippen LogP contribution < -0.4 is 5.69 Å². The highest BCUT2D eigenvalue weighted by Crippen LogP contribution is 2.47. The van der Waals surface area contributed by atoms with Crippen molar-refractivity contribution in [2.45, 2.75) is 20.4 Å². The van der Waals surface area contributed by atoms with Crippen LogP contribution in [0.2, 0.25) is 0 Å². The predicted molar refractivity (Wildman–Crippen MR) is 85.8 cm³/mol. The van der Waals surface area contributed by atoms with Gasteiger partial charge in [-0.25, -0.2) is 4.79 Å². The Morgan fingerprint density at radius 2 is 1.68 bits per heavy atom. The Labute approximate surface area is 129 Å². The average Bonchev–Trinajstić information content (AvgIpc) is 2.88. The lowest BCUT2D eigenvalue weighted by Gasteiger charge is -2.16. The van der Waals surface area contributed by atoms with Crippen molar-refractivity contribution in [2.24, 2.45) is 0 Å². The molecule has 0 spiro atoms. The largest absolute Gasteiger partial charge is 0.332 e. The van der Waals surface area contributed by atoms with Gasteiger partial charge in [0.05, 0.1) is 25.1 Å². The van der Waals surface area contributed by atoms with Crippen LogP contribution in [0.15, 0.2) is 47.5 Å². The van der Waals surface area contributed by atoms with Crippen LogP contribution in [0, 0.1) is 0 Å². The van der Waals surface area contributed by atoms with Crippen molar-refractivity contribution in [3.8, 4) is 5.69 Å². The Morgan fingerprint density at radius 1 is 1.05 bits per heavy atom. The lowest BCUT2D eigenvalue weighted by molar-refractivity contribution is 0.219. The van der Waals surface area contributed by atoms with E-state index >= 15 is 0 Å². The van der Waals surface area contributed by atoms with Gasteiger partial charge in [0.1, 0.15) is 0 Å². The lowest BCUT2D eigenvalue weighted by Crippen LogP contribution is -2.24. The van der Waals surface area contributed by atoms with Crippen LogP contribution in [-0.2, 0) is 20.2 Å². The number of aromatic nitrogens is 2. The normalized spacial score (nSPS) is 11.7. The summed E-state index contributed by atoms with van der Waals surface area (Å²) in [7, 11) is -3.14. The van der Waals surface area contributed by atoms with Crippen LogP contribution in [0.3, 0.4) is 0 Å². The van der Waals surface area contributed by atoms with Gasteiger partial charge < -0.3 is 9.05 Å². The summed E-state index contributed by atoms with van der Waals surface area (Å²) in [6.45, 7) is 4.46. The first kappa shape index (κ1) is 16.7. The predicted octanol–water partition coefficient (Wildman–Crippen LogP) is 2.91. The second-order valence-corrected chi connectivity index (χ2v) is 6.84. The van der Waals surface area contributed by atoms with E-state index in [2.05, 4.69) is 0 Å². The summed E-state index contributed by atoms with van der Waals surface area (Å²) in [5.41, 5.74) is 0.620. The van der Waals surface area contributed by atoms with Crippen molar-refractivity contribution >= 4 is 7.60 Å². The first-order valence-corrected chi connectivity index (χ1v) is 9.04. The number of imidazole rings is 1. The summed E-state index contributed by atoms with van der Waals surface area (Å²) in [6, 6.07) is 9.36. The summed E-state index contributed by atoms with van der Waals surface area (Å²) in [5.74, 6) is 0. The average molecular weight is 324 g/mol. The molecule has 0 aliphatic carbocycles. The monoisotopic (exact) mass is 324 g/mol. The summed E-state index contributed by atoms with van der Waals surface area (Å²) < 4.78 is 25.9.